The minimum absolute atomic E-state index is 0.0466. The predicted octanol–water partition coefficient (Wildman–Crippen LogP) is 0.479. The molecular formula is C18H29N7O2. The number of hydrogen-bond donors (Lipinski definition) is 1. The number of aromatic nitrogens is 3. The van der Waals surface area contributed by atoms with Gasteiger partial charge in [0.1, 0.15) is 0 Å². The lowest BCUT2D eigenvalue weighted by molar-refractivity contribution is 0.0149. The Labute approximate surface area is 159 Å². The Balaban J connectivity index is 1.56. The third-order valence-corrected chi connectivity index (χ3v) is 6.44. The van der Waals surface area contributed by atoms with Crippen molar-refractivity contribution in [3.8, 4) is 0 Å². The van der Waals surface area contributed by atoms with Gasteiger partial charge < -0.3 is 19.7 Å². The summed E-state index contributed by atoms with van der Waals surface area (Å²) in [5.74, 6) is 1.18. The second-order valence-corrected chi connectivity index (χ2v) is 8.22. The fourth-order valence-electron chi connectivity index (χ4n) is 4.42. The van der Waals surface area contributed by atoms with Crippen LogP contribution in [-0.4, -0.2) is 88.2 Å². The molecular weight excluding hydrogens is 346 g/mol. The first-order chi connectivity index (χ1) is 12.9. The smallest absolute Gasteiger partial charge is 0.319 e. The lowest BCUT2D eigenvalue weighted by Gasteiger charge is -2.49. The number of carbonyl (C=O) groups excluding carboxylic acids is 2. The van der Waals surface area contributed by atoms with Crippen LogP contribution in [0.4, 0.5) is 4.79 Å². The summed E-state index contributed by atoms with van der Waals surface area (Å²) in [5, 5.41) is 11.8. The fourth-order valence-corrected chi connectivity index (χ4v) is 4.42. The number of nitrogens with zero attached hydrogens (tertiary/aromatic N) is 6. The topological polar surface area (TPSA) is 86.6 Å². The van der Waals surface area contributed by atoms with E-state index >= 15 is 0 Å². The van der Waals surface area contributed by atoms with Crippen LogP contribution in [0.2, 0.25) is 0 Å². The summed E-state index contributed by atoms with van der Waals surface area (Å²) >= 11 is 0. The minimum atomic E-state index is -0.261. The molecule has 0 bridgehead atoms. The zero-order valence-electron chi connectivity index (χ0n) is 16.4. The molecule has 1 saturated heterocycles. The summed E-state index contributed by atoms with van der Waals surface area (Å²) in [4.78, 5) is 30.8. The number of amides is 3. The van der Waals surface area contributed by atoms with Gasteiger partial charge in [-0.2, -0.15) is 0 Å². The number of fused-ring (bicyclic) bond motifs is 2. The SMILES string of the molecule is CN(C)C(=O)N1CCC2(CC1)c1nnc(C(=O)NC3CCC3)n1CCN2C. The van der Waals surface area contributed by atoms with Gasteiger partial charge in [-0.3, -0.25) is 9.69 Å². The highest BCUT2D eigenvalue weighted by atomic mass is 16.2. The molecule has 148 valence electrons. The van der Waals surface area contributed by atoms with Crippen LogP contribution in [0.5, 0.6) is 0 Å². The Morgan fingerprint density at radius 1 is 1.11 bits per heavy atom. The van der Waals surface area contributed by atoms with Gasteiger partial charge in [0.25, 0.3) is 5.91 Å². The van der Waals surface area contributed by atoms with Gasteiger partial charge in [0.05, 0.1) is 5.54 Å². The molecule has 1 aromatic rings. The van der Waals surface area contributed by atoms with E-state index in [1.54, 1.807) is 19.0 Å². The number of carbonyl (C=O) groups is 2. The zero-order chi connectivity index (χ0) is 19.2. The normalized spacial score (nSPS) is 22.3. The van der Waals surface area contributed by atoms with Gasteiger partial charge in [-0.1, -0.05) is 0 Å². The van der Waals surface area contributed by atoms with Gasteiger partial charge in [0.15, 0.2) is 5.82 Å². The maximum absolute atomic E-state index is 12.6. The largest absolute Gasteiger partial charge is 0.347 e. The van der Waals surface area contributed by atoms with E-state index in [4.69, 9.17) is 0 Å². The lowest BCUT2D eigenvalue weighted by Crippen LogP contribution is -2.58. The van der Waals surface area contributed by atoms with Crippen LogP contribution in [0.3, 0.4) is 0 Å². The molecule has 3 aliphatic rings. The first-order valence-corrected chi connectivity index (χ1v) is 9.84. The Kier molecular flexibility index (Phi) is 4.57. The van der Waals surface area contributed by atoms with Crippen molar-refractivity contribution in [3.05, 3.63) is 11.6 Å². The van der Waals surface area contributed by atoms with E-state index in [0.717, 1.165) is 38.1 Å². The summed E-state index contributed by atoms with van der Waals surface area (Å²) in [7, 11) is 5.67. The number of urea groups is 1. The molecule has 1 aliphatic carbocycles. The van der Waals surface area contributed by atoms with Crippen LogP contribution in [0.15, 0.2) is 0 Å². The maximum Gasteiger partial charge on any atom is 0.319 e. The first-order valence-electron chi connectivity index (χ1n) is 9.84. The molecule has 4 rings (SSSR count). The molecule has 1 aromatic heterocycles. The van der Waals surface area contributed by atoms with Crippen molar-refractivity contribution in [2.24, 2.45) is 0 Å². The van der Waals surface area contributed by atoms with Gasteiger partial charge in [-0.05, 0) is 39.2 Å². The highest BCUT2D eigenvalue weighted by Crippen LogP contribution is 2.39. The second kappa shape index (κ2) is 6.78. The van der Waals surface area contributed by atoms with Crippen molar-refractivity contribution >= 4 is 11.9 Å². The molecule has 1 N–H and O–H groups in total. The third-order valence-electron chi connectivity index (χ3n) is 6.44. The van der Waals surface area contributed by atoms with E-state index in [1.807, 2.05) is 9.47 Å². The highest BCUT2D eigenvalue weighted by molar-refractivity contribution is 5.91. The highest BCUT2D eigenvalue weighted by Gasteiger charge is 2.47. The predicted molar refractivity (Wildman–Crippen MR) is 99.3 cm³/mol. The van der Waals surface area contributed by atoms with Crippen LogP contribution in [0.25, 0.3) is 0 Å². The molecule has 3 heterocycles. The molecule has 0 aromatic carbocycles. The van der Waals surface area contributed by atoms with Gasteiger partial charge in [0.2, 0.25) is 5.82 Å². The number of likely N-dealkylation sites (tertiary alicyclic amines) is 1. The van der Waals surface area contributed by atoms with Crippen molar-refractivity contribution < 1.29 is 9.59 Å². The number of rotatable bonds is 2. The van der Waals surface area contributed by atoms with Gasteiger partial charge in [-0.15, -0.1) is 10.2 Å². The first kappa shape index (κ1) is 18.2. The standard InChI is InChI=1S/C18H29N7O2/c1-22(2)17(27)24-9-7-18(8-10-24)16-21-20-14(25(16)12-11-23(18)3)15(26)19-13-5-4-6-13/h13H,4-12H2,1-3H3,(H,19,26). The summed E-state index contributed by atoms with van der Waals surface area (Å²) < 4.78 is 2.00. The lowest BCUT2D eigenvalue weighted by atomic mass is 9.83. The van der Waals surface area contributed by atoms with Crippen molar-refractivity contribution in [2.45, 2.75) is 50.2 Å². The average molecular weight is 375 g/mol. The molecule has 0 atom stereocenters. The van der Waals surface area contributed by atoms with Crippen LogP contribution >= 0.6 is 0 Å². The molecule has 27 heavy (non-hydrogen) atoms. The summed E-state index contributed by atoms with van der Waals surface area (Å²) in [6.07, 6.45) is 4.88. The molecule has 9 nitrogen and oxygen atoms in total. The van der Waals surface area contributed by atoms with Crippen molar-refractivity contribution in [2.75, 3.05) is 40.8 Å². The second-order valence-electron chi connectivity index (χ2n) is 8.22. The van der Waals surface area contributed by atoms with E-state index in [2.05, 4.69) is 27.5 Å². The van der Waals surface area contributed by atoms with E-state index in [0.29, 0.717) is 25.5 Å². The third kappa shape index (κ3) is 2.97. The van der Waals surface area contributed by atoms with Gasteiger partial charge in [-0.25, -0.2) is 4.79 Å². The monoisotopic (exact) mass is 375 g/mol. The summed E-state index contributed by atoms with van der Waals surface area (Å²) in [6, 6.07) is 0.330. The van der Waals surface area contributed by atoms with Crippen LogP contribution in [0.1, 0.15) is 48.5 Å². The molecule has 2 fully saturated rings. The van der Waals surface area contributed by atoms with Crippen molar-refractivity contribution in [1.82, 2.24) is 34.8 Å². The maximum atomic E-state index is 12.6. The molecule has 0 radical (unpaired) electrons. The Morgan fingerprint density at radius 3 is 2.41 bits per heavy atom. The molecule has 1 spiro atoms. The van der Waals surface area contributed by atoms with E-state index in [-0.39, 0.29) is 23.5 Å². The minimum Gasteiger partial charge on any atom is -0.347 e. The van der Waals surface area contributed by atoms with Crippen molar-refractivity contribution in [1.29, 1.82) is 0 Å². The number of likely N-dealkylation sites (N-methyl/N-ethyl adjacent to an activating group) is 1. The van der Waals surface area contributed by atoms with Gasteiger partial charge >= 0.3 is 6.03 Å². The van der Waals surface area contributed by atoms with Gasteiger partial charge in [0, 0.05) is 46.3 Å². The molecule has 2 aliphatic heterocycles. The summed E-state index contributed by atoms with van der Waals surface area (Å²) in [5.41, 5.74) is -0.261. The Morgan fingerprint density at radius 2 is 1.81 bits per heavy atom. The van der Waals surface area contributed by atoms with Crippen LogP contribution < -0.4 is 5.32 Å². The van der Waals surface area contributed by atoms with Crippen LogP contribution in [0, 0.1) is 0 Å². The number of piperidine rings is 1. The zero-order valence-corrected chi connectivity index (χ0v) is 16.4. The Hall–Kier alpha value is -2.16. The molecule has 3 amide bonds. The van der Waals surface area contributed by atoms with E-state index < -0.39 is 0 Å². The van der Waals surface area contributed by atoms with E-state index in [9.17, 15) is 9.59 Å². The van der Waals surface area contributed by atoms with Crippen molar-refractivity contribution in [3.63, 3.8) is 0 Å². The number of hydrogen-bond acceptors (Lipinski definition) is 5. The average Bonchev–Trinajstić information content (AvgIpc) is 3.06. The molecule has 0 unspecified atom stereocenters. The van der Waals surface area contributed by atoms with E-state index in [1.165, 1.54) is 6.42 Å². The Bertz CT molecular complexity index is 732. The number of nitrogens with one attached hydrogen (secondary N) is 1. The van der Waals surface area contributed by atoms with Crippen LogP contribution in [-0.2, 0) is 12.1 Å². The molecule has 9 heteroatoms. The summed E-state index contributed by atoms with van der Waals surface area (Å²) in [6.45, 7) is 2.92. The fraction of sp³-hybridized carbons (Fsp3) is 0.778. The molecule has 1 saturated carbocycles. The quantitative estimate of drug-likeness (QED) is 0.812.